The minimum Gasteiger partial charge on any atom is -0.476 e. The van der Waals surface area contributed by atoms with Crippen LogP contribution < -0.4 is 4.74 Å². The van der Waals surface area contributed by atoms with E-state index in [2.05, 4.69) is 13.6 Å². The van der Waals surface area contributed by atoms with Gasteiger partial charge in [0.15, 0.2) is 0 Å². The fraction of sp³-hybridized carbons (Fsp3) is 0.857. The second-order valence-electron chi connectivity index (χ2n) is 6.41. The van der Waals surface area contributed by atoms with Crippen molar-refractivity contribution in [2.75, 3.05) is 19.7 Å². The molecule has 2 aliphatic heterocycles. The zero-order valence-electron chi connectivity index (χ0n) is 11.6. The lowest BCUT2D eigenvalue weighted by molar-refractivity contribution is 0.144. The van der Waals surface area contributed by atoms with E-state index in [-0.39, 0.29) is 12.1 Å². The molecule has 1 aromatic heterocycles. The Morgan fingerprint density at radius 1 is 1.20 bits per heavy atom. The number of nitrogens with zero attached hydrogens (tertiary/aromatic N) is 3. The van der Waals surface area contributed by atoms with Gasteiger partial charge in [-0.25, -0.2) is 0 Å². The van der Waals surface area contributed by atoms with Crippen molar-refractivity contribution in [1.82, 2.24) is 13.6 Å². The first kappa shape index (κ1) is 13.0. The van der Waals surface area contributed by atoms with Crippen LogP contribution in [0.3, 0.4) is 0 Å². The van der Waals surface area contributed by atoms with Gasteiger partial charge in [0.05, 0.1) is 30.5 Å². The second kappa shape index (κ2) is 5.24. The van der Waals surface area contributed by atoms with Crippen LogP contribution in [0.1, 0.15) is 43.8 Å². The first-order chi connectivity index (χ1) is 9.81. The SMILES string of the molecule is O[C@@H]1CN2C[C@@H]1CCC2c1nsnc1OCCC1CC1. The van der Waals surface area contributed by atoms with E-state index in [1.807, 2.05) is 0 Å². The molecule has 1 aliphatic carbocycles. The number of hydrogen-bond donors (Lipinski definition) is 1. The van der Waals surface area contributed by atoms with Crippen LogP contribution in [0.5, 0.6) is 5.88 Å². The molecule has 1 saturated carbocycles. The van der Waals surface area contributed by atoms with Crippen molar-refractivity contribution in [2.24, 2.45) is 11.8 Å². The molecule has 1 N–H and O–H groups in total. The molecule has 0 radical (unpaired) electrons. The highest BCUT2D eigenvalue weighted by Gasteiger charge is 2.42. The van der Waals surface area contributed by atoms with Crippen molar-refractivity contribution < 1.29 is 9.84 Å². The Hall–Kier alpha value is -0.720. The smallest absolute Gasteiger partial charge is 0.250 e. The predicted octanol–water partition coefficient (Wildman–Crippen LogP) is 1.84. The zero-order valence-corrected chi connectivity index (χ0v) is 12.4. The van der Waals surface area contributed by atoms with Gasteiger partial charge in [-0.3, -0.25) is 4.90 Å². The van der Waals surface area contributed by atoms with E-state index in [0.29, 0.717) is 5.92 Å². The maximum absolute atomic E-state index is 9.99. The standard InChI is InChI=1S/C14H21N3O2S/c18-12-8-17-7-10(12)3-4-11(17)13-14(16-20-15-13)19-6-5-9-1-2-9/h9-12,18H,1-8H2/t10-,11?,12+/m0/s1. The molecule has 5 nitrogen and oxygen atoms in total. The molecule has 2 bridgehead atoms. The molecule has 110 valence electrons. The summed E-state index contributed by atoms with van der Waals surface area (Å²) in [4.78, 5) is 2.35. The molecule has 2 unspecified atom stereocenters. The summed E-state index contributed by atoms with van der Waals surface area (Å²) in [7, 11) is 0. The molecule has 3 aliphatic rings. The van der Waals surface area contributed by atoms with Crippen LogP contribution in [0, 0.1) is 11.8 Å². The molecule has 4 rings (SSSR count). The van der Waals surface area contributed by atoms with E-state index in [9.17, 15) is 5.11 Å². The summed E-state index contributed by atoms with van der Waals surface area (Å²) in [5.41, 5.74) is 0.998. The van der Waals surface area contributed by atoms with Crippen LogP contribution in [-0.4, -0.2) is 44.6 Å². The summed E-state index contributed by atoms with van der Waals surface area (Å²) >= 11 is 1.25. The van der Waals surface area contributed by atoms with Crippen LogP contribution >= 0.6 is 11.7 Å². The predicted molar refractivity (Wildman–Crippen MR) is 75.8 cm³/mol. The third-order valence-corrected chi connectivity index (χ3v) is 5.47. The summed E-state index contributed by atoms with van der Waals surface area (Å²) < 4.78 is 14.7. The van der Waals surface area contributed by atoms with E-state index in [4.69, 9.17) is 4.74 Å². The number of hydrogen-bond acceptors (Lipinski definition) is 6. The van der Waals surface area contributed by atoms with Gasteiger partial charge in [-0.2, -0.15) is 4.37 Å². The Balaban J connectivity index is 1.43. The highest BCUT2D eigenvalue weighted by atomic mass is 32.1. The van der Waals surface area contributed by atoms with Crippen LogP contribution in [0.4, 0.5) is 0 Å². The zero-order chi connectivity index (χ0) is 13.5. The Labute approximate surface area is 123 Å². The summed E-state index contributed by atoms with van der Waals surface area (Å²) in [5.74, 6) is 2.08. The van der Waals surface area contributed by atoms with E-state index < -0.39 is 0 Å². The molecule has 2 saturated heterocycles. The quantitative estimate of drug-likeness (QED) is 0.898. The van der Waals surface area contributed by atoms with Crippen LogP contribution in [-0.2, 0) is 0 Å². The van der Waals surface area contributed by atoms with Gasteiger partial charge in [0.25, 0.3) is 5.88 Å². The lowest BCUT2D eigenvalue weighted by Gasteiger charge is -2.30. The van der Waals surface area contributed by atoms with Crippen LogP contribution in [0.2, 0.25) is 0 Å². The number of aliphatic hydroxyl groups excluding tert-OH is 1. The lowest BCUT2D eigenvalue weighted by atomic mass is 9.93. The number of rotatable bonds is 5. The number of aromatic nitrogens is 2. The van der Waals surface area contributed by atoms with Gasteiger partial charge in [0.1, 0.15) is 5.69 Å². The minimum atomic E-state index is -0.161. The molecule has 0 aromatic carbocycles. The highest BCUT2D eigenvalue weighted by molar-refractivity contribution is 6.99. The summed E-state index contributed by atoms with van der Waals surface area (Å²) in [5, 5.41) is 9.99. The molecular formula is C14H21N3O2S. The van der Waals surface area contributed by atoms with E-state index in [1.54, 1.807) is 0 Å². The summed E-state index contributed by atoms with van der Waals surface area (Å²) in [6, 6.07) is 0.290. The Morgan fingerprint density at radius 2 is 2.10 bits per heavy atom. The Morgan fingerprint density at radius 3 is 2.95 bits per heavy atom. The van der Waals surface area contributed by atoms with Gasteiger partial charge in [-0.1, -0.05) is 12.8 Å². The molecule has 3 heterocycles. The van der Waals surface area contributed by atoms with E-state index in [1.165, 1.54) is 24.6 Å². The fourth-order valence-electron chi connectivity index (χ4n) is 3.51. The third kappa shape index (κ3) is 2.44. The number of aliphatic hydroxyl groups is 1. The molecule has 20 heavy (non-hydrogen) atoms. The third-order valence-electron chi connectivity index (χ3n) is 4.95. The average molecular weight is 295 g/mol. The first-order valence-electron chi connectivity index (χ1n) is 7.68. The number of ether oxygens (including phenoxy) is 1. The normalized spacial score (nSPS) is 36.2. The maximum Gasteiger partial charge on any atom is 0.250 e. The molecule has 3 fully saturated rings. The second-order valence-corrected chi connectivity index (χ2v) is 6.94. The Bertz CT molecular complexity index is 475. The molecule has 0 spiro atoms. The van der Waals surface area contributed by atoms with Crippen LogP contribution in [0.15, 0.2) is 0 Å². The minimum absolute atomic E-state index is 0.161. The van der Waals surface area contributed by atoms with Crippen LogP contribution in [0.25, 0.3) is 0 Å². The van der Waals surface area contributed by atoms with E-state index in [0.717, 1.165) is 56.5 Å². The first-order valence-corrected chi connectivity index (χ1v) is 8.41. The molecule has 6 heteroatoms. The Kier molecular flexibility index (Phi) is 3.40. The molecule has 0 amide bonds. The van der Waals surface area contributed by atoms with Gasteiger partial charge >= 0.3 is 0 Å². The van der Waals surface area contributed by atoms with E-state index >= 15 is 0 Å². The fourth-order valence-corrected chi connectivity index (χ4v) is 4.06. The number of piperidine rings is 1. The van der Waals surface area contributed by atoms with Crippen molar-refractivity contribution in [3.8, 4) is 5.88 Å². The number of fused-ring (bicyclic) bond motifs is 2. The largest absolute Gasteiger partial charge is 0.476 e. The van der Waals surface area contributed by atoms with Crippen molar-refractivity contribution in [3.05, 3.63) is 5.69 Å². The lowest BCUT2D eigenvalue weighted by Crippen LogP contribution is -2.31. The van der Waals surface area contributed by atoms with Gasteiger partial charge < -0.3 is 9.84 Å². The van der Waals surface area contributed by atoms with Gasteiger partial charge in [0.2, 0.25) is 0 Å². The average Bonchev–Trinajstić information content (AvgIpc) is 3.08. The maximum atomic E-state index is 9.99. The van der Waals surface area contributed by atoms with Crippen molar-refractivity contribution in [2.45, 2.75) is 44.2 Å². The summed E-state index contributed by atoms with van der Waals surface area (Å²) in [6.07, 6.45) is 5.85. The van der Waals surface area contributed by atoms with Crippen molar-refractivity contribution in [3.63, 3.8) is 0 Å². The van der Waals surface area contributed by atoms with Gasteiger partial charge in [0, 0.05) is 13.1 Å². The van der Waals surface area contributed by atoms with Gasteiger partial charge in [-0.15, -0.1) is 4.37 Å². The monoisotopic (exact) mass is 295 g/mol. The van der Waals surface area contributed by atoms with Crippen molar-refractivity contribution in [1.29, 1.82) is 0 Å². The van der Waals surface area contributed by atoms with Crippen molar-refractivity contribution >= 4 is 11.7 Å². The molecular weight excluding hydrogens is 274 g/mol. The van der Waals surface area contributed by atoms with Gasteiger partial charge in [-0.05, 0) is 31.1 Å². The molecule has 4 atom stereocenters. The highest BCUT2D eigenvalue weighted by Crippen LogP contribution is 2.41. The summed E-state index contributed by atoms with van der Waals surface area (Å²) in [6.45, 7) is 2.53. The topological polar surface area (TPSA) is 58.5 Å². The molecule has 1 aromatic rings.